The Morgan fingerprint density at radius 1 is 1.50 bits per heavy atom. The van der Waals surface area contributed by atoms with Gasteiger partial charge in [-0.2, -0.15) is 18.4 Å². The maximum Gasteiger partial charge on any atom is 0.389 e. The van der Waals surface area contributed by atoms with E-state index in [0.29, 0.717) is 0 Å². The zero-order valence-corrected chi connectivity index (χ0v) is 7.76. The van der Waals surface area contributed by atoms with Crippen molar-refractivity contribution in [3.8, 4) is 6.07 Å². The van der Waals surface area contributed by atoms with Crippen molar-refractivity contribution in [3.05, 3.63) is 0 Å². The second kappa shape index (κ2) is 5.47. The van der Waals surface area contributed by atoms with Gasteiger partial charge < -0.3 is 4.90 Å². The minimum Gasteiger partial charge on any atom is -0.345 e. The Balaban J connectivity index is 3.80. The standard InChI is InChI=1S/C8H11F3N2O/c1-13(6-2-5-12)7(14)3-4-8(9,10)11/h2-4,6H2,1H3. The summed E-state index contributed by atoms with van der Waals surface area (Å²) in [5, 5.41) is 8.19. The number of nitrogens with zero attached hydrogens (tertiary/aromatic N) is 2. The lowest BCUT2D eigenvalue weighted by Crippen LogP contribution is -2.28. The lowest BCUT2D eigenvalue weighted by molar-refractivity contribution is -0.148. The van der Waals surface area contributed by atoms with E-state index in [9.17, 15) is 18.0 Å². The smallest absolute Gasteiger partial charge is 0.345 e. The van der Waals surface area contributed by atoms with Crippen LogP contribution in [0, 0.1) is 11.3 Å². The van der Waals surface area contributed by atoms with Crippen LogP contribution in [0.4, 0.5) is 13.2 Å². The molecule has 0 bridgehead atoms. The molecule has 0 saturated heterocycles. The number of halogens is 3. The molecule has 1 amide bonds. The summed E-state index contributed by atoms with van der Waals surface area (Å²) in [5.41, 5.74) is 0. The highest BCUT2D eigenvalue weighted by molar-refractivity contribution is 5.75. The molecule has 14 heavy (non-hydrogen) atoms. The third-order valence-electron chi connectivity index (χ3n) is 1.61. The molecule has 0 aromatic heterocycles. The number of nitriles is 1. The van der Waals surface area contributed by atoms with Gasteiger partial charge in [-0.15, -0.1) is 0 Å². The molecule has 0 rings (SSSR count). The van der Waals surface area contributed by atoms with Gasteiger partial charge in [-0.05, 0) is 0 Å². The summed E-state index contributed by atoms with van der Waals surface area (Å²) in [6.07, 6.45) is -5.83. The van der Waals surface area contributed by atoms with Gasteiger partial charge in [0.1, 0.15) is 0 Å². The number of rotatable bonds is 4. The van der Waals surface area contributed by atoms with Crippen LogP contribution in [0.2, 0.25) is 0 Å². The number of amides is 1. The first-order valence-electron chi connectivity index (χ1n) is 4.04. The van der Waals surface area contributed by atoms with E-state index in [4.69, 9.17) is 5.26 Å². The van der Waals surface area contributed by atoms with Gasteiger partial charge in [-0.3, -0.25) is 4.79 Å². The van der Waals surface area contributed by atoms with E-state index < -0.39 is 24.9 Å². The number of hydrogen-bond donors (Lipinski definition) is 0. The topological polar surface area (TPSA) is 44.1 Å². The Kier molecular flexibility index (Phi) is 4.99. The average molecular weight is 208 g/mol. The fraction of sp³-hybridized carbons (Fsp3) is 0.750. The van der Waals surface area contributed by atoms with Crippen molar-refractivity contribution in [2.45, 2.75) is 25.4 Å². The van der Waals surface area contributed by atoms with Gasteiger partial charge in [-0.1, -0.05) is 0 Å². The first-order valence-corrected chi connectivity index (χ1v) is 4.04. The van der Waals surface area contributed by atoms with Gasteiger partial charge in [0.2, 0.25) is 5.91 Å². The van der Waals surface area contributed by atoms with Gasteiger partial charge in [0, 0.05) is 20.0 Å². The van der Waals surface area contributed by atoms with Crippen molar-refractivity contribution in [2.75, 3.05) is 13.6 Å². The van der Waals surface area contributed by atoms with Crippen LogP contribution in [0.5, 0.6) is 0 Å². The molecule has 0 saturated carbocycles. The predicted molar refractivity (Wildman–Crippen MR) is 43.2 cm³/mol. The normalized spacial score (nSPS) is 10.8. The Bertz CT molecular complexity index is 232. The molecule has 0 fully saturated rings. The third kappa shape index (κ3) is 6.29. The van der Waals surface area contributed by atoms with E-state index in [1.165, 1.54) is 7.05 Å². The molecule has 6 heteroatoms. The molecule has 0 aromatic rings. The molecular formula is C8H11F3N2O. The van der Waals surface area contributed by atoms with Crippen LogP contribution in [-0.2, 0) is 4.79 Å². The van der Waals surface area contributed by atoms with Crippen LogP contribution in [0.1, 0.15) is 19.3 Å². The molecule has 0 aliphatic heterocycles. The number of carbonyl (C=O) groups is 1. The van der Waals surface area contributed by atoms with E-state index in [-0.39, 0.29) is 13.0 Å². The first-order chi connectivity index (χ1) is 6.37. The maximum absolute atomic E-state index is 11.7. The van der Waals surface area contributed by atoms with Crippen molar-refractivity contribution >= 4 is 5.91 Å². The lowest BCUT2D eigenvalue weighted by atomic mass is 10.2. The Labute approximate surface area is 80.1 Å². The Morgan fingerprint density at radius 2 is 2.07 bits per heavy atom. The number of carbonyl (C=O) groups excluding carboxylic acids is 1. The van der Waals surface area contributed by atoms with E-state index in [0.717, 1.165) is 4.90 Å². The molecule has 0 heterocycles. The lowest BCUT2D eigenvalue weighted by Gasteiger charge is -2.15. The molecular weight excluding hydrogens is 197 g/mol. The van der Waals surface area contributed by atoms with Crippen LogP contribution in [0.25, 0.3) is 0 Å². The highest BCUT2D eigenvalue weighted by Gasteiger charge is 2.28. The van der Waals surface area contributed by atoms with Crippen molar-refractivity contribution in [1.29, 1.82) is 5.26 Å². The minimum absolute atomic E-state index is 0.133. The molecule has 0 N–H and O–H groups in total. The zero-order valence-electron chi connectivity index (χ0n) is 7.76. The van der Waals surface area contributed by atoms with Crippen LogP contribution >= 0.6 is 0 Å². The summed E-state index contributed by atoms with van der Waals surface area (Å²) in [4.78, 5) is 12.1. The molecule has 0 aliphatic rings. The van der Waals surface area contributed by atoms with E-state index in [2.05, 4.69) is 0 Å². The Morgan fingerprint density at radius 3 is 2.50 bits per heavy atom. The van der Waals surface area contributed by atoms with Crippen molar-refractivity contribution in [3.63, 3.8) is 0 Å². The van der Waals surface area contributed by atoms with Crippen molar-refractivity contribution in [1.82, 2.24) is 4.90 Å². The summed E-state index contributed by atoms with van der Waals surface area (Å²) < 4.78 is 35.1. The predicted octanol–water partition coefficient (Wildman–Crippen LogP) is 1.70. The maximum atomic E-state index is 11.7. The largest absolute Gasteiger partial charge is 0.389 e. The average Bonchev–Trinajstić information content (AvgIpc) is 2.09. The van der Waals surface area contributed by atoms with E-state index >= 15 is 0 Å². The van der Waals surface area contributed by atoms with Gasteiger partial charge in [-0.25, -0.2) is 0 Å². The fourth-order valence-corrected chi connectivity index (χ4v) is 0.782. The SMILES string of the molecule is CN(CCC#N)C(=O)CCC(F)(F)F. The van der Waals surface area contributed by atoms with E-state index in [1.54, 1.807) is 0 Å². The molecule has 0 aromatic carbocycles. The molecule has 80 valence electrons. The van der Waals surface area contributed by atoms with Crippen molar-refractivity contribution < 1.29 is 18.0 Å². The fourth-order valence-electron chi connectivity index (χ4n) is 0.782. The van der Waals surface area contributed by atoms with Gasteiger partial charge in [0.25, 0.3) is 0 Å². The first kappa shape index (κ1) is 12.8. The Hall–Kier alpha value is -1.25. The molecule has 0 aliphatic carbocycles. The minimum atomic E-state index is -4.30. The summed E-state index contributed by atoms with van der Waals surface area (Å²) in [6.45, 7) is 0.174. The van der Waals surface area contributed by atoms with E-state index in [1.807, 2.05) is 6.07 Å². The van der Waals surface area contributed by atoms with Gasteiger partial charge >= 0.3 is 6.18 Å². The van der Waals surface area contributed by atoms with Gasteiger partial charge in [0.05, 0.1) is 18.9 Å². The third-order valence-corrected chi connectivity index (χ3v) is 1.61. The molecule has 0 spiro atoms. The monoisotopic (exact) mass is 208 g/mol. The molecule has 0 unspecified atom stereocenters. The second-order valence-corrected chi connectivity index (χ2v) is 2.84. The number of hydrogen-bond acceptors (Lipinski definition) is 2. The quantitative estimate of drug-likeness (QED) is 0.705. The highest BCUT2D eigenvalue weighted by atomic mass is 19.4. The summed E-state index contributed by atoms with van der Waals surface area (Å²) in [5.74, 6) is -0.586. The summed E-state index contributed by atoms with van der Waals surface area (Å²) >= 11 is 0. The highest BCUT2D eigenvalue weighted by Crippen LogP contribution is 2.21. The molecule has 0 radical (unpaired) electrons. The second-order valence-electron chi connectivity index (χ2n) is 2.84. The zero-order chi connectivity index (χ0) is 11.2. The summed E-state index contributed by atoms with van der Waals surface area (Å²) in [7, 11) is 1.38. The molecule has 3 nitrogen and oxygen atoms in total. The van der Waals surface area contributed by atoms with Crippen LogP contribution in [-0.4, -0.2) is 30.6 Å². The molecule has 0 atom stereocenters. The summed E-state index contributed by atoms with van der Waals surface area (Å²) in [6, 6.07) is 1.81. The number of alkyl halides is 3. The van der Waals surface area contributed by atoms with Crippen molar-refractivity contribution in [2.24, 2.45) is 0 Å². The van der Waals surface area contributed by atoms with Gasteiger partial charge in [0.15, 0.2) is 0 Å². The van der Waals surface area contributed by atoms with Crippen LogP contribution in [0.3, 0.4) is 0 Å². The van der Waals surface area contributed by atoms with Crippen LogP contribution < -0.4 is 0 Å². The van der Waals surface area contributed by atoms with Crippen LogP contribution in [0.15, 0.2) is 0 Å².